The average molecular weight is 653 g/mol. The predicted octanol–water partition coefficient (Wildman–Crippen LogP) is 5.90. The first-order chi connectivity index (χ1) is 20.7. The van der Waals surface area contributed by atoms with Gasteiger partial charge in [0.15, 0.2) is 0 Å². The number of esters is 4. The van der Waals surface area contributed by atoms with Crippen molar-refractivity contribution in [3.05, 3.63) is 42.2 Å². The van der Waals surface area contributed by atoms with E-state index >= 15 is 0 Å². The minimum atomic E-state index is -0.766. The molecule has 0 N–H and O–H groups in total. The number of rotatable bonds is 15. The molecule has 0 saturated heterocycles. The van der Waals surface area contributed by atoms with Crippen LogP contribution in [0.5, 0.6) is 0 Å². The monoisotopic (exact) mass is 652 g/mol. The van der Waals surface area contributed by atoms with E-state index in [2.05, 4.69) is 65.2 Å². The average Bonchev–Trinajstić information content (AvgIpc) is 3.39. The van der Waals surface area contributed by atoms with E-state index < -0.39 is 23.9 Å². The van der Waals surface area contributed by atoms with E-state index in [-0.39, 0.29) is 75.8 Å². The Hall–Kier alpha value is -2.86. The third kappa shape index (κ3) is 8.24. The van der Waals surface area contributed by atoms with Crippen LogP contribution < -0.4 is 0 Å². The topological polar surface area (TPSA) is 112 Å². The van der Waals surface area contributed by atoms with Crippen LogP contribution in [0.25, 0.3) is 0 Å². The first-order valence-corrected chi connectivity index (χ1v) is 16.9. The highest BCUT2D eigenvalue weighted by Crippen LogP contribution is 2.56. The molecule has 0 aromatic carbocycles. The number of hydrogen-bond donors (Lipinski definition) is 0. The van der Waals surface area contributed by atoms with Gasteiger partial charge in [0.05, 0.1) is 53.2 Å². The smallest absolute Gasteiger partial charge is 0.346 e. The summed E-state index contributed by atoms with van der Waals surface area (Å²) in [4.78, 5) is 58.2. The standard InChI is InChI=1S/C32H48N2O8S2/c1-13-39-28(35)21(22-24(33(17(5)6)18(7)8)25(22)34(19(9)10)20(11)12)23(29(36)40-14-2)32-43-26(30(37)41-15-3)27(44-32)31(38)42-16-4/h17-20H,13-16H2,1-12H3. The van der Waals surface area contributed by atoms with Crippen LogP contribution in [0.3, 0.4) is 0 Å². The molecule has 0 aromatic heterocycles. The van der Waals surface area contributed by atoms with E-state index in [0.29, 0.717) is 5.57 Å². The molecule has 1 aliphatic carbocycles. The van der Waals surface area contributed by atoms with Gasteiger partial charge in [-0.05, 0) is 83.1 Å². The van der Waals surface area contributed by atoms with Crippen LogP contribution >= 0.6 is 23.5 Å². The van der Waals surface area contributed by atoms with Gasteiger partial charge in [-0.2, -0.15) is 0 Å². The molecule has 2 rings (SSSR count). The minimum absolute atomic E-state index is 0.0125. The molecule has 0 spiro atoms. The molecular weight excluding hydrogens is 604 g/mol. The van der Waals surface area contributed by atoms with Crippen molar-refractivity contribution in [2.45, 2.75) is 107 Å². The molecule has 44 heavy (non-hydrogen) atoms. The van der Waals surface area contributed by atoms with Crippen LogP contribution in [0, 0.1) is 0 Å². The zero-order chi connectivity index (χ0) is 33.5. The van der Waals surface area contributed by atoms with E-state index in [9.17, 15) is 19.2 Å². The van der Waals surface area contributed by atoms with Crippen molar-refractivity contribution in [1.29, 1.82) is 0 Å². The summed E-state index contributed by atoms with van der Waals surface area (Å²) in [6.45, 7) is 23.6. The van der Waals surface area contributed by atoms with Gasteiger partial charge >= 0.3 is 23.9 Å². The predicted molar refractivity (Wildman–Crippen MR) is 174 cm³/mol. The second-order valence-electron chi connectivity index (χ2n) is 11.0. The van der Waals surface area contributed by atoms with Crippen LogP contribution in [0.15, 0.2) is 42.2 Å². The Bertz CT molecular complexity index is 1180. The lowest BCUT2D eigenvalue weighted by Gasteiger charge is -2.32. The summed E-state index contributed by atoms with van der Waals surface area (Å²) in [5, 5.41) is 0. The highest BCUT2D eigenvalue weighted by molar-refractivity contribution is 8.29. The van der Waals surface area contributed by atoms with Gasteiger partial charge in [-0.25, -0.2) is 19.2 Å². The summed E-state index contributed by atoms with van der Waals surface area (Å²) in [5.74, 6) is -2.91. The van der Waals surface area contributed by atoms with Gasteiger partial charge in [-0.15, -0.1) is 0 Å². The number of allylic oxidation sites excluding steroid dienone is 2. The third-order valence-electron chi connectivity index (χ3n) is 6.56. The van der Waals surface area contributed by atoms with Crippen molar-refractivity contribution in [1.82, 2.24) is 9.80 Å². The van der Waals surface area contributed by atoms with Gasteiger partial charge in [0, 0.05) is 29.7 Å². The number of carbonyl (C=O) groups excluding carboxylic acids is 4. The van der Waals surface area contributed by atoms with E-state index in [0.717, 1.165) is 34.9 Å². The molecule has 246 valence electrons. The highest BCUT2D eigenvalue weighted by Gasteiger charge is 2.48. The van der Waals surface area contributed by atoms with Gasteiger partial charge in [0.1, 0.15) is 9.81 Å². The van der Waals surface area contributed by atoms with Gasteiger partial charge in [0.25, 0.3) is 0 Å². The molecule has 0 fully saturated rings. The SMILES string of the molecule is CCOC(=O)C1=C(C(=O)OCC)SC(=C(C(=O)OCC)C(C(=O)OCC)=C2C(N(C(C)C)C(C)C)=C2N(C(C)C)C(C)C)S1. The quantitative estimate of drug-likeness (QED) is 0.119. The molecule has 2 aliphatic rings. The molecule has 0 bridgehead atoms. The van der Waals surface area contributed by atoms with Crippen molar-refractivity contribution < 1.29 is 38.1 Å². The maximum absolute atomic E-state index is 14.0. The molecule has 0 radical (unpaired) electrons. The number of carbonyl (C=O) groups is 4. The van der Waals surface area contributed by atoms with Crippen molar-refractivity contribution in [2.24, 2.45) is 0 Å². The normalized spacial score (nSPS) is 14.5. The highest BCUT2D eigenvalue weighted by atomic mass is 32.2. The second kappa shape index (κ2) is 16.5. The van der Waals surface area contributed by atoms with Crippen LogP contribution in [0.4, 0.5) is 0 Å². The van der Waals surface area contributed by atoms with Gasteiger partial charge in [0.2, 0.25) is 0 Å². The molecule has 0 amide bonds. The molecule has 10 nitrogen and oxygen atoms in total. The summed E-state index contributed by atoms with van der Waals surface area (Å²) in [7, 11) is 0. The Balaban J connectivity index is 3.03. The molecule has 0 aromatic rings. The van der Waals surface area contributed by atoms with Crippen LogP contribution in [0.1, 0.15) is 83.1 Å². The first-order valence-electron chi connectivity index (χ1n) is 15.3. The largest absolute Gasteiger partial charge is 0.462 e. The van der Waals surface area contributed by atoms with E-state index in [1.54, 1.807) is 27.7 Å². The fourth-order valence-corrected chi connectivity index (χ4v) is 7.72. The van der Waals surface area contributed by atoms with E-state index in [1.165, 1.54) is 0 Å². The number of thioether (sulfide) groups is 2. The second-order valence-corrected chi connectivity index (χ2v) is 13.3. The van der Waals surface area contributed by atoms with Crippen LogP contribution in [0.2, 0.25) is 0 Å². The fraction of sp³-hybridized carbons (Fsp3) is 0.625. The Morgan fingerprint density at radius 2 is 0.864 bits per heavy atom. The Morgan fingerprint density at radius 1 is 0.545 bits per heavy atom. The van der Waals surface area contributed by atoms with Crippen molar-refractivity contribution >= 4 is 47.4 Å². The maximum atomic E-state index is 14.0. The van der Waals surface area contributed by atoms with Crippen molar-refractivity contribution in [3.8, 4) is 0 Å². The molecule has 12 heteroatoms. The van der Waals surface area contributed by atoms with Crippen LogP contribution in [-0.2, 0) is 38.1 Å². The Labute approximate surface area is 270 Å². The van der Waals surface area contributed by atoms with Crippen molar-refractivity contribution in [3.63, 3.8) is 0 Å². The number of ether oxygens (including phenoxy) is 4. The lowest BCUT2D eigenvalue weighted by Crippen LogP contribution is -2.35. The Kier molecular flexibility index (Phi) is 14.0. The first kappa shape index (κ1) is 37.3. The molecule has 1 heterocycles. The maximum Gasteiger partial charge on any atom is 0.346 e. The summed E-state index contributed by atoms with van der Waals surface area (Å²) < 4.78 is 21.8. The zero-order valence-electron chi connectivity index (χ0n) is 28.1. The minimum Gasteiger partial charge on any atom is -0.462 e. The molecule has 0 atom stereocenters. The molecule has 0 unspecified atom stereocenters. The number of nitrogens with zero attached hydrogens (tertiary/aromatic N) is 2. The molecular formula is C32H48N2O8S2. The number of hydrogen-bond acceptors (Lipinski definition) is 12. The Morgan fingerprint density at radius 3 is 1.16 bits per heavy atom. The summed E-state index contributed by atoms with van der Waals surface area (Å²) in [6, 6.07) is 0.291. The summed E-state index contributed by atoms with van der Waals surface area (Å²) >= 11 is 1.79. The van der Waals surface area contributed by atoms with E-state index in [4.69, 9.17) is 18.9 Å². The van der Waals surface area contributed by atoms with E-state index in [1.807, 2.05) is 0 Å². The van der Waals surface area contributed by atoms with Crippen LogP contribution in [-0.4, -0.2) is 84.3 Å². The lowest BCUT2D eigenvalue weighted by atomic mass is 10.0. The van der Waals surface area contributed by atoms with Crippen molar-refractivity contribution in [2.75, 3.05) is 26.4 Å². The third-order valence-corrected chi connectivity index (χ3v) is 9.12. The summed E-state index contributed by atoms with van der Waals surface area (Å²) in [5.41, 5.74) is 2.26. The van der Waals surface area contributed by atoms with Gasteiger partial charge < -0.3 is 28.7 Å². The summed E-state index contributed by atoms with van der Waals surface area (Å²) in [6.07, 6.45) is 0. The molecule has 1 aliphatic heterocycles. The molecule has 0 saturated carbocycles. The van der Waals surface area contributed by atoms with Gasteiger partial charge in [-0.1, -0.05) is 23.5 Å². The lowest BCUT2D eigenvalue weighted by molar-refractivity contribution is -0.142. The van der Waals surface area contributed by atoms with Gasteiger partial charge in [-0.3, -0.25) is 0 Å². The zero-order valence-corrected chi connectivity index (χ0v) is 29.7. The fourth-order valence-electron chi connectivity index (χ4n) is 5.22.